The minimum atomic E-state index is -0.601. The third-order valence-electron chi connectivity index (χ3n) is 4.69. The van der Waals surface area contributed by atoms with Gasteiger partial charge in [0.15, 0.2) is 0 Å². The fraction of sp³-hybridized carbons (Fsp3) is 0.450. The predicted molar refractivity (Wildman–Crippen MR) is 106 cm³/mol. The van der Waals surface area contributed by atoms with E-state index in [1.54, 1.807) is 4.90 Å². The molecule has 2 heterocycles. The first-order valence-corrected chi connectivity index (χ1v) is 9.93. The van der Waals surface area contributed by atoms with Gasteiger partial charge in [0.2, 0.25) is 0 Å². The van der Waals surface area contributed by atoms with Crippen LogP contribution < -0.4 is 10.1 Å². The number of carbonyl (C=O) groups excluding carboxylic acids is 2. The van der Waals surface area contributed by atoms with Crippen LogP contribution in [0.15, 0.2) is 18.2 Å². The molecule has 0 saturated carbocycles. The fourth-order valence-electron chi connectivity index (χ4n) is 3.14. The molecule has 0 bridgehead atoms. The van der Waals surface area contributed by atoms with E-state index in [2.05, 4.69) is 22.4 Å². The molecule has 0 aliphatic carbocycles. The lowest BCUT2D eigenvalue weighted by Gasteiger charge is -2.32. The van der Waals surface area contributed by atoms with E-state index in [0.717, 1.165) is 27.6 Å². The monoisotopic (exact) mass is 387 g/mol. The van der Waals surface area contributed by atoms with Crippen molar-refractivity contribution >= 4 is 28.2 Å². The Hall–Kier alpha value is -2.41. The highest BCUT2D eigenvalue weighted by Gasteiger charge is 2.28. The SMILES string of the molecule is Cc1ccc(C)c(OC2CCN(C(=O)C(=O)Nc3sc(C)nc3C)CC2)c1. The first kappa shape index (κ1) is 19.4. The number of hydrogen-bond acceptors (Lipinski definition) is 5. The molecule has 0 radical (unpaired) electrons. The molecular weight excluding hydrogens is 362 g/mol. The Morgan fingerprint density at radius 3 is 2.52 bits per heavy atom. The number of carbonyl (C=O) groups is 2. The first-order chi connectivity index (χ1) is 12.8. The van der Waals surface area contributed by atoms with Crippen LogP contribution in [0.3, 0.4) is 0 Å². The number of aryl methyl sites for hydroxylation is 4. The lowest BCUT2D eigenvalue weighted by Crippen LogP contribution is -2.46. The number of anilines is 1. The molecule has 2 amide bonds. The van der Waals surface area contributed by atoms with E-state index < -0.39 is 11.8 Å². The highest BCUT2D eigenvalue weighted by molar-refractivity contribution is 7.16. The number of aromatic nitrogens is 1. The van der Waals surface area contributed by atoms with Crippen molar-refractivity contribution in [1.82, 2.24) is 9.88 Å². The summed E-state index contributed by atoms with van der Waals surface area (Å²) in [7, 11) is 0. The van der Waals surface area contributed by atoms with Crippen molar-refractivity contribution in [2.75, 3.05) is 18.4 Å². The average molecular weight is 388 g/mol. The Labute approximate surface area is 163 Å². The molecule has 6 nitrogen and oxygen atoms in total. The molecule has 0 atom stereocenters. The third-order valence-corrected chi connectivity index (χ3v) is 5.68. The maximum absolute atomic E-state index is 12.4. The van der Waals surface area contributed by atoms with Crippen LogP contribution in [0.5, 0.6) is 5.75 Å². The van der Waals surface area contributed by atoms with E-state index in [1.165, 1.54) is 11.3 Å². The van der Waals surface area contributed by atoms with Gasteiger partial charge in [-0.05, 0) is 44.9 Å². The summed E-state index contributed by atoms with van der Waals surface area (Å²) in [5.74, 6) is -0.199. The second kappa shape index (κ2) is 8.08. The summed E-state index contributed by atoms with van der Waals surface area (Å²) >= 11 is 1.38. The number of nitrogens with zero attached hydrogens (tertiary/aromatic N) is 2. The van der Waals surface area contributed by atoms with E-state index >= 15 is 0 Å². The van der Waals surface area contributed by atoms with Gasteiger partial charge in [-0.25, -0.2) is 4.98 Å². The topological polar surface area (TPSA) is 71.5 Å². The van der Waals surface area contributed by atoms with Gasteiger partial charge in [-0.3, -0.25) is 9.59 Å². The second-order valence-electron chi connectivity index (χ2n) is 6.98. The van der Waals surface area contributed by atoms with Gasteiger partial charge in [-0.2, -0.15) is 0 Å². The minimum Gasteiger partial charge on any atom is -0.490 e. The maximum atomic E-state index is 12.4. The molecule has 2 aromatic rings. The lowest BCUT2D eigenvalue weighted by atomic mass is 10.1. The largest absolute Gasteiger partial charge is 0.490 e. The van der Waals surface area contributed by atoms with Crippen LogP contribution in [0, 0.1) is 27.7 Å². The summed E-state index contributed by atoms with van der Waals surface area (Å²) in [5.41, 5.74) is 3.00. The molecule has 7 heteroatoms. The predicted octanol–water partition coefficient (Wildman–Crippen LogP) is 3.39. The van der Waals surface area contributed by atoms with Crippen LogP contribution in [-0.2, 0) is 9.59 Å². The molecule has 1 fully saturated rings. The van der Waals surface area contributed by atoms with Crippen LogP contribution in [0.2, 0.25) is 0 Å². The van der Waals surface area contributed by atoms with Gasteiger partial charge in [0.05, 0.1) is 10.7 Å². The number of nitrogens with one attached hydrogen (secondary N) is 1. The molecule has 27 heavy (non-hydrogen) atoms. The van der Waals surface area contributed by atoms with Gasteiger partial charge in [0.25, 0.3) is 0 Å². The molecule has 1 aromatic carbocycles. The average Bonchev–Trinajstić information content (AvgIpc) is 2.95. The van der Waals surface area contributed by atoms with Crippen LogP contribution >= 0.6 is 11.3 Å². The van der Waals surface area contributed by atoms with Gasteiger partial charge in [-0.1, -0.05) is 12.1 Å². The zero-order valence-corrected chi connectivity index (χ0v) is 17.0. The summed E-state index contributed by atoms with van der Waals surface area (Å²) < 4.78 is 6.12. The van der Waals surface area contributed by atoms with E-state index in [1.807, 2.05) is 33.8 Å². The molecule has 1 saturated heterocycles. The van der Waals surface area contributed by atoms with E-state index in [-0.39, 0.29) is 6.10 Å². The molecule has 1 aliphatic rings. The zero-order chi connectivity index (χ0) is 19.6. The van der Waals surface area contributed by atoms with Crippen molar-refractivity contribution < 1.29 is 14.3 Å². The van der Waals surface area contributed by atoms with Crippen molar-refractivity contribution in [3.05, 3.63) is 40.0 Å². The summed E-state index contributed by atoms with van der Waals surface area (Å²) in [6, 6.07) is 6.16. The summed E-state index contributed by atoms with van der Waals surface area (Å²) in [6.45, 7) is 8.79. The molecule has 0 spiro atoms. The Kier molecular flexibility index (Phi) is 5.79. The minimum absolute atomic E-state index is 0.0593. The Morgan fingerprint density at radius 2 is 1.89 bits per heavy atom. The van der Waals surface area contributed by atoms with E-state index in [4.69, 9.17) is 4.74 Å². The lowest BCUT2D eigenvalue weighted by molar-refractivity contribution is -0.144. The Balaban J connectivity index is 1.53. The van der Waals surface area contributed by atoms with Gasteiger partial charge < -0.3 is 15.0 Å². The molecule has 144 valence electrons. The van der Waals surface area contributed by atoms with Crippen LogP contribution in [0.1, 0.15) is 34.7 Å². The smallest absolute Gasteiger partial charge is 0.314 e. The molecule has 3 rings (SSSR count). The molecule has 0 unspecified atom stereocenters. The second-order valence-corrected chi connectivity index (χ2v) is 8.18. The maximum Gasteiger partial charge on any atom is 0.314 e. The van der Waals surface area contributed by atoms with Crippen molar-refractivity contribution in [3.63, 3.8) is 0 Å². The van der Waals surface area contributed by atoms with Crippen molar-refractivity contribution in [1.29, 1.82) is 0 Å². The Morgan fingerprint density at radius 1 is 1.19 bits per heavy atom. The van der Waals surface area contributed by atoms with Gasteiger partial charge >= 0.3 is 11.8 Å². The third kappa shape index (κ3) is 4.66. The van der Waals surface area contributed by atoms with Crippen LogP contribution in [0.25, 0.3) is 0 Å². The van der Waals surface area contributed by atoms with Gasteiger partial charge in [0.1, 0.15) is 16.9 Å². The van der Waals surface area contributed by atoms with E-state index in [9.17, 15) is 9.59 Å². The van der Waals surface area contributed by atoms with Crippen LogP contribution in [-0.4, -0.2) is 40.9 Å². The summed E-state index contributed by atoms with van der Waals surface area (Å²) in [6.07, 6.45) is 1.49. The zero-order valence-electron chi connectivity index (χ0n) is 16.2. The number of likely N-dealkylation sites (tertiary alicyclic amines) is 1. The fourth-order valence-corrected chi connectivity index (χ4v) is 3.95. The van der Waals surface area contributed by atoms with Crippen molar-refractivity contribution in [2.45, 2.75) is 46.6 Å². The Bertz CT molecular complexity index is 854. The number of ether oxygens (including phenoxy) is 1. The highest BCUT2D eigenvalue weighted by atomic mass is 32.1. The number of benzene rings is 1. The molecular formula is C20H25N3O3S. The number of hydrogen-bond donors (Lipinski definition) is 1. The summed E-state index contributed by atoms with van der Waals surface area (Å²) in [5, 5.41) is 4.19. The standard InChI is InChI=1S/C20H25N3O3S/c1-12-5-6-13(2)17(11-12)26-16-7-9-23(10-8-16)20(25)18(24)22-19-14(3)21-15(4)27-19/h5-6,11,16H,7-10H2,1-4H3,(H,22,24). The number of amides is 2. The molecule has 1 aliphatic heterocycles. The van der Waals surface area contributed by atoms with Gasteiger partial charge in [0, 0.05) is 25.9 Å². The number of piperidine rings is 1. The first-order valence-electron chi connectivity index (χ1n) is 9.11. The van der Waals surface area contributed by atoms with Gasteiger partial charge in [-0.15, -0.1) is 11.3 Å². The quantitative estimate of drug-likeness (QED) is 0.820. The van der Waals surface area contributed by atoms with Crippen LogP contribution in [0.4, 0.5) is 5.00 Å². The number of rotatable bonds is 3. The molecule has 1 aromatic heterocycles. The van der Waals surface area contributed by atoms with E-state index in [0.29, 0.717) is 30.9 Å². The number of thiazole rings is 1. The van der Waals surface area contributed by atoms with Crippen molar-refractivity contribution in [3.8, 4) is 5.75 Å². The summed E-state index contributed by atoms with van der Waals surface area (Å²) in [4.78, 5) is 30.6. The van der Waals surface area contributed by atoms with Crippen molar-refractivity contribution in [2.24, 2.45) is 0 Å². The molecule has 1 N–H and O–H groups in total. The highest BCUT2D eigenvalue weighted by Crippen LogP contribution is 2.25. The normalized spacial score (nSPS) is 14.9.